The second-order valence-electron chi connectivity index (χ2n) is 4.25. The summed E-state index contributed by atoms with van der Waals surface area (Å²) in [5.41, 5.74) is 6.19. The highest BCUT2D eigenvalue weighted by Gasteiger charge is 2.18. The van der Waals surface area contributed by atoms with Gasteiger partial charge in [0.25, 0.3) is 0 Å². The van der Waals surface area contributed by atoms with Crippen molar-refractivity contribution in [3.8, 4) is 5.75 Å². The summed E-state index contributed by atoms with van der Waals surface area (Å²) in [6.07, 6.45) is -0.0958. The van der Waals surface area contributed by atoms with Crippen LogP contribution >= 0.6 is 22.9 Å². The average molecular weight is 282 g/mol. The van der Waals surface area contributed by atoms with Gasteiger partial charge in [-0.25, -0.2) is 0 Å². The quantitative estimate of drug-likeness (QED) is 0.912. The van der Waals surface area contributed by atoms with Crippen LogP contribution in [0.4, 0.5) is 0 Å². The fourth-order valence-corrected chi connectivity index (χ4v) is 2.84. The van der Waals surface area contributed by atoms with Crippen molar-refractivity contribution in [2.75, 3.05) is 0 Å². The van der Waals surface area contributed by atoms with Crippen LogP contribution in [-0.2, 0) is 0 Å². The van der Waals surface area contributed by atoms with Crippen LogP contribution in [0.25, 0.3) is 0 Å². The fourth-order valence-electron chi connectivity index (χ4n) is 1.69. The second kappa shape index (κ2) is 5.74. The molecule has 18 heavy (non-hydrogen) atoms. The molecule has 0 aliphatic carbocycles. The van der Waals surface area contributed by atoms with Gasteiger partial charge in [-0.15, -0.1) is 11.3 Å². The van der Waals surface area contributed by atoms with Gasteiger partial charge in [-0.1, -0.05) is 17.7 Å². The third-order valence-corrected chi connectivity index (χ3v) is 4.05. The Morgan fingerprint density at radius 3 is 2.67 bits per heavy atom. The Bertz CT molecular complexity index is 526. The minimum atomic E-state index is -0.123. The van der Waals surface area contributed by atoms with Crippen LogP contribution in [0.3, 0.4) is 0 Å². The first-order chi connectivity index (χ1) is 8.56. The van der Waals surface area contributed by atoms with Crippen molar-refractivity contribution in [2.45, 2.75) is 26.0 Å². The van der Waals surface area contributed by atoms with Gasteiger partial charge in [-0.2, -0.15) is 0 Å². The molecule has 0 bridgehead atoms. The number of ether oxygens (including phenoxy) is 1. The lowest BCUT2D eigenvalue weighted by atomic mass is 10.1. The topological polar surface area (TPSA) is 35.2 Å². The van der Waals surface area contributed by atoms with Gasteiger partial charge in [0, 0.05) is 14.8 Å². The Balaban J connectivity index is 2.05. The second-order valence-corrected chi connectivity index (χ2v) is 6.01. The molecule has 2 N–H and O–H groups in total. The molecule has 96 valence electrons. The van der Waals surface area contributed by atoms with Gasteiger partial charge < -0.3 is 10.5 Å². The molecule has 2 nitrogen and oxygen atoms in total. The molecule has 2 rings (SSSR count). The zero-order valence-electron chi connectivity index (χ0n) is 10.4. The standard InChI is InChI=1S/C14H16ClNOS/c1-9-6-7-13(18-9)14(16)10(2)17-12-5-3-4-11(15)8-12/h3-8,10,14H,16H2,1-2H3. The molecule has 2 aromatic rings. The summed E-state index contributed by atoms with van der Waals surface area (Å²) in [4.78, 5) is 2.40. The largest absolute Gasteiger partial charge is 0.489 e. The highest BCUT2D eigenvalue weighted by atomic mass is 35.5. The van der Waals surface area contributed by atoms with Crippen LogP contribution in [0.1, 0.15) is 22.7 Å². The number of rotatable bonds is 4. The van der Waals surface area contributed by atoms with Crippen LogP contribution in [0, 0.1) is 6.92 Å². The molecule has 0 saturated carbocycles. The predicted octanol–water partition coefficient (Wildman–Crippen LogP) is 4.18. The molecule has 0 aliphatic rings. The molecular weight excluding hydrogens is 266 g/mol. The maximum atomic E-state index is 6.19. The van der Waals surface area contributed by atoms with Crippen LogP contribution in [0.2, 0.25) is 5.02 Å². The highest BCUT2D eigenvalue weighted by molar-refractivity contribution is 7.12. The van der Waals surface area contributed by atoms with Crippen LogP contribution in [-0.4, -0.2) is 6.10 Å². The smallest absolute Gasteiger partial charge is 0.121 e. The summed E-state index contributed by atoms with van der Waals surface area (Å²) in [6.45, 7) is 4.05. The van der Waals surface area contributed by atoms with Gasteiger partial charge in [-0.05, 0) is 44.2 Å². The third kappa shape index (κ3) is 3.25. The van der Waals surface area contributed by atoms with Crippen molar-refractivity contribution >= 4 is 22.9 Å². The lowest BCUT2D eigenvalue weighted by Gasteiger charge is -2.20. The van der Waals surface area contributed by atoms with E-state index in [9.17, 15) is 0 Å². The van der Waals surface area contributed by atoms with E-state index in [4.69, 9.17) is 22.1 Å². The molecular formula is C14H16ClNOS. The minimum absolute atomic E-state index is 0.0958. The van der Waals surface area contributed by atoms with Gasteiger partial charge in [-0.3, -0.25) is 0 Å². The van der Waals surface area contributed by atoms with Crippen molar-refractivity contribution in [1.82, 2.24) is 0 Å². The average Bonchev–Trinajstić information content (AvgIpc) is 2.75. The van der Waals surface area contributed by atoms with Gasteiger partial charge in [0.1, 0.15) is 11.9 Å². The first-order valence-corrected chi connectivity index (χ1v) is 7.00. The lowest BCUT2D eigenvalue weighted by molar-refractivity contribution is 0.192. The monoisotopic (exact) mass is 281 g/mol. The molecule has 0 radical (unpaired) electrons. The Hall–Kier alpha value is -1.03. The summed E-state index contributed by atoms with van der Waals surface area (Å²) >= 11 is 7.63. The Labute approximate surface area is 116 Å². The van der Waals surface area contributed by atoms with E-state index in [-0.39, 0.29) is 12.1 Å². The van der Waals surface area contributed by atoms with E-state index < -0.39 is 0 Å². The lowest BCUT2D eigenvalue weighted by Crippen LogP contribution is -2.27. The number of hydrogen-bond donors (Lipinski definition) is 1. The number of nitrogens with two attached hydrogens (primary N) is 1. The summed E-state index contributed by atoms with van der Waals surface area (Å²) in [5, 5.41) is 0.667. The number of hydrogen-bond acceptors (Lipinski definition) is 3. The number of thiophene rings is 1. The highest BCUT2D eigenvalue weighted by Crippen LogP contribution is 2.26. The van der Waals surface area contributed by atoms with Gasteiger partial charge in [0.15, 0.2) is 0 Å². The maximum absolute atomic E-state index is 6.19. The van der Waals surface area contributed by atoms with Crippen molar-refractivity contribution in [3.63, 3.8) is 0 Å². The Morgan fingerprint density at radius 2 is 2.06 bits per heavy atom. The summed E-state index contributed by atoms with van der Waals surface area (Å²) in [5.74, 6) is 0.749. The van der Waals surface area contributed by atoms with Gasteiger partial charge in [0.2, 0.25) is 0 Å². The van der Waals surface area contributed by atoms with Crippen molar-refractivity contribution in [2.24, 2.45) is 5.73 Å². The molecule has 0 fully saturated rings. The van der Waals surface area contributed by atoms with Crippen LogP contribution < -0.4 is 10.5 Å². The molecule has 0 saturated heterocycles. The molecule has 1 aromatic heterocycles. The van der Waals surface area contributed by atoms with E-state index >= 15 is 0 Å². The number of halogens is 1. The van der Waals surface area contributed by atoms with Crippen molar-refractivity contribution in [3.05, 3.63) is 51.2 Å². The molecule has 2 atom stereocenters. The van der Waals surface area contributed by atoms with E-state index in [1.807, 2.05) is 25.1 Å². The summed E-state index contributed by atoms with van der Waals surface area (Å²) in [6, 6.07) is 11.4. The number of aryl methyl sites for hydroxylation is 1. The zero-order chi connectivity index (χ0) is 13.1. The molecule has 0 amide bonds. The third-order valence-electron chi connectivity index (χ3n) is 2.71. The first kappa shape index (κ1) is 13.4. The fraction of sp³-hybridized carbons (Fsp3) is 0.286. The van der Waals surface area contributed by atoms with E-state index in [1.54, 1.807) is 17.4 Å². The van der Waals surface area contributed by atoms with Gasteiger partial charge in [0.05, 0.1) is 6.04 Å². The van der Waals surface area contributed by atoms with Crippen molar-refractivity contribution in [1.29, 1.82) is 0 Å². The zero-order valence-corrected chi connectivity index (χ0v) is 12.0. The molecule has 4 heteroatoms. The van der Waals surface area contributed by atoms with E-state index in [0.717, 1.165) is 10.6 Å². The molecule has 2 unspecified atom stereocenters. The van der Waals surface area contributed by atoms with Gasteiger partial charge >= 0.3 is 0 Å². The number of benzene rings is 1. The minimum Gasteiger partial charge on any atom is -0.489 e. The molecule has 0 spiro atoms. The van der Waals surface area contributed by atoms with E-state index in [1.165, 1.54) is 4.88 Å². The van der Waals surface area contributed by atoms with E-state index in [0.29, 0.717) is 5.02 Å². The molecule has 0 aliphatic heterocycles. The Kier molecular flexibility index (Phi) is 4.27. The maximum Gasteiger partial charge on any atom is 0.121 e. The first-order valence-electron chi connectivity index (χ1n) is 5.80. The normalized spacial score (nSPS) is 14.2. The van der Waals surface area contributed by atoms with Crippen molar-refractivity contribution < 1.29 is 4.74 Å². The van der Waals surface area contributed by atoms with Crippen LogP contribution in [0.5, 0.6) is 5.75 Å². The summed E-state index contributed by atoms with van der Waals surface area (Å²) < 4.78 is 5.82. The van der Waals surface area contributed by atoms with E-state index in [2.05, 4.69) is 19.1 Å². The Morgan fingerprint density at radius 1 is 1.28 bits per heavy atom. The SMILES string of the molecule is Cc1ccc(C(N)C(C)Oc2cccc(Cl)c2)s1. The molecule has 1 heterocycles. The summed E-state index contributed by atoms with van der Waals surface area (Å²) in [7, 11) is 0. The predicted molar refractivity (Wildman–Crippen MR) is 77.5 cm³/mol. The van der Waals surface area contributed by atoms with Crippen LogP contribution in [0.15, 0.2) is 36.4 Å². The molecule has 1 aromatic carbocycles.